The molecule has 10 atom stereocenters. The number of benzene rings is 5. The Morgan fingerprint density at radius 2 is 1.05 bits per heavy atom. The summed E-state index contributed by atoms with van der Waals surface area (Å²) in [5.41, 5.74) is 17.8. The molecule has 20 heteroatoms. The highest BCUT2D eigenvalue weighted by Crippen LogP contribution is 2.61. The summed E-state index contributed by atoms with van der Waals surface area (Å²) in [5.74, 6) is 4.24. The fourth-order valence-corrected chi connectivity index (χ4v) is 16.3. The van der Waals surface area contributed by atoms with Crippen LogP contribution in [0, 0.1) is 50.4 Å². The van der Waals surface area contributed by atoms with Crippen molar-refractivity contribution in [2.45, 2.75) is 114 Å². The molecule has 0 aromatic heterocycles. The topological polar surface area (TPSA) is 238 Å². The van der Waals surface area contributed by atoms with E-state index in [1.807, 2.05) is 34.7 Å². The van der Waals surface area contributed by atoms with Gasteiger partial charge < -0.3 is 53.8 Å². The van der Waals surface area contributed by atoms with E-state index in [4.69, 9.17) is 43.6 Å². The number of phenolic OH excluding ortho intramolecular Hbond substituents is 2. The number of methoxy groups -OCH3 is 2. The van der Waals surface area contributed by atoms with Gasteiger partial charge in [-0.1, -0.05) is 49.6 Å². The summed E-state index contributed by atoms with van der Waals surface area (Å²) < 4.78 is 47.9. The van der Waals surface area contributed by atoms with Gasteiger partial charge in [0.25, 0.3) is 11.8 Å². The van der Waals surface area contributed by atoms with Crippen molar-refractivity contribution < 1.29 is 57.7 Å². The molecule has 2 saturated heterocycles. The highest BCUT2D eigenvalue weighted by molar-refractivity contribution is 6.21. The van der Waals surface area contributed by atoms with E-state index in [0.29, 0.717) is 90.2 Å². The van der Waals surface area contributed by atoms with Gasteiger partial charge in [-0.3, -0.25) is 34.1 Å². The van der Waals surface area contributed by atoms with E-state index in [1.165, 1.54) is 4.90 Å². The van der Waals surface area contributed by atoms with Crippen molar-refractivity contribution in [3.8, 4) is 69.6 Å². The standard InChI is InChI=1S/C37H36N4O7.C29H34N4O5/c1-6-11-46-33-19(3)34-35(48-17-47-34)29-23(33)14-25-30-28-20(12-18(2)32(45-5)31(28)42)13-24(39(30)4)26(15-38)41(25)27(29)16-40-36(43)21-9-7-8-10-22(21)37(40)44;1-6-7-36-27-15(3)28-29(38-13-37-28)23-17(27)10-19-24-22-16(8-14(2)26(35-5)25(22)34)9-18(32(24)4)20(11-30)33(19)21(23)12-31/h6-10,12,24-27,30,42H,1,11,13-14,16-17H2,2-5H3;6,8,18-21,24,34H,1,7,9-10,12-13,31H2,2-5H3/t24-,25?,26-,27-,30?;18-,19?,20-,21-,24?/m00/s1. The Bertz CT molecular complexity index is 3780. The summed E-state index contributed by atoms with van der Waals surface area (Å²) in [4.78, 5) is 37.8. The maximum Gasteiger partial charge on any atom is 0.261 e. The third-order valence-corrected chi connectivity index (χ3v) is 19.7. The largest absolute Gasteiger partial charge is 0.504 e. The zero-order chi connectivity index (χ0) is 60.5. The maximum absolute atomic E-state index is 13.8. The van der Waals surface area contributed by atoms with E-state index in [2.05, 4.69) is 64.1 Å². The number of piperazine rings is 2. The van der Waals surface area contributed by atoms with Crippen LogP contribution in [-0.4, -0.2) is 151 Å². The van der Waals surface area contributed by atoms with Crippen LogP contribution in [0.4, 0.5) is 0 Å². The first-order chi connectivity index (χ1) is 41.6. The molecule has 0 spiro atoms. The second kappa shape index (κ2) is 21.5. The van der Waals surface area contributed by atoms with Crippen molar-refractivity contribution in [3.63, 3.8) is 0 Å². The first kappa shape index (κ1) is 56.6. The normalized spacial score (nSPS) is 26.0. The highest BCUT2D eigenvalue weighted by Gasteiger charge is 2.59. The zero-order valence-corrected chi connectivity index (χ0v) is 49.6. The van der Waals surface area contributed by atoms with Crippen molar-refractivity contribution in [2.24, 2.45) is 5.73 Å². The Balaban J connectivity index is 0.000000164. The number of nitrogens with zero attached hydrogens (tertiary/aromatic N) is 7. The number of ether oxygens (including phenoxy) is 8. The lowest BCUT2D eigenvalue weighted by atomic mass is 9.71. The van der Waals surface area contributed by atoms with Gasteiger partial charge in [-0.15, -0.1) is 0 Å². The van der Waals surface area contributed by atoms with Gasteiger partial charge in [0, 0.05) is 81.8 Å². The quantitative estimate of drug-likeness (QED) is 0.0861. The average molecular weight is 1170 g/mol. The molecule has 0 aliphatic carbocycles. The molecule has 0 saturated carbocycles. The average Bonchev–Trinajstić information content (AvgIpc) is 0.881. The minimum atomic E-state index is -0.650. The molecule has 4 N–H and O–H groups in total. The molecule has 9 aliphatic heterocycles. The number of phenols is 2. The molecule has 4 unspecified atom stereocenters. The number of rotatable bonds is 11. The third kappa shape index (κ3) is 8.03. The summed E-state index contributed by atoms with van der Waals surface area (Å²) >= 11 is 0. The maximum atomic E-state index is 13.8. The van der Waals surface area contributed by atoms with Crippen LogP contribution >= 0.6 is 0 Å². The Kier molecular flexibility index (Phi) is 14.1. The molecule has 86 heavy (non-hydrogen) atoms. The van der Waals surface area contributed by atoms with Crippen molar-refractivity contribution in [1.29, 1.82) is 10.5 Å². The molecule has 0 radical (unpaired) electrons. The van der Waals surface area contributed by atoms with Crippen molar-refractivity contribution >= 4 is 11.8 Å². The van der Waals surface area contributed by atoms with Gasteiger partial charge in [0.2, 0.25) is 13.6 Å². The molecular weight excluding hydrogens is 1100 g/mol. The number of carbonyl (C=O) groups excluding carboxylic acids is 2. The van der Waals surface area contributed by atoms with E-state index in [9.17, 15) is 30.3 Å². The second-order valence-corrected chi connectivity index (χ2v) is 23.7. The number of carbonyl (C=O) groups is 2. The van der Waals surface area contributed by atoms with E-state index in [-0.39, 0.29) is 92.3 Å². The lowest BCUT2D eigenvalue weighted by molar-refractivity contribution is -0.0758. The fourth-order valence-electron chi connectivity index (χ4n) is 16.3. The van der Waals surface area contributed by atoms with Crippen LogP contribution in [0.3, 0.4) is 0 Å². The number of amides is 2. The van der Waals surface area contributed by atoms with Gasteiger partial charge in [0.15, 0.2) is 46.0 Å². The number of aryl methyl sites for hydroxylation is 2. The Labute approximate surface area is 499 Å². The summed E-state index contributed by atoms with van der Waals surface area (Å²) in [6.07, 6.45) is 5.59. The predicted molar refractivity (Wildman–Crippen MR) is 315 cm³/mol. The molecule has 4 bridgehead atoms. The highest BCUT2D eigenvalue weighted by atomic mass is 16.7. The summed E-state index contributed by atoms with van der Waals surface area (Å²) in [6, 6.07) is 12.9. The van der Waals surface area contributed by atoms with Crippen LogP contribution in [0.25, 0.3) is 0 Å². The summed E-state index contributed by atoms with van der Waals surface area (Å²) in [6.45, 7) is 16.4. The van der Waals surface area contributed by atoms with Crippen LogP contribution in [0.1, 0.15) is 112 Å². The molecule has 2 fully saturated rings. The number of fused-ring (bicyclic) bond motifs is 19. The smallest absolute Gasteiger partial charge is 0.261 e. The molecular formula is C66H70N8O12. The number of nitrogens with two attached hydrogens (primary N) is 1. The van der Waals surface area contributed by atoms with Gasteiger partial charge in [0.05, 0.1) is 61.7 Å². The van der Waals surface area contributed by atoms with E-state index >= 15 is 0 Å². The molecule has 9 aliphatic rings. The van der Waals surface area contributed by atoms with Gasteiger partial charge in [-0.2, -0.15) is 10.5 Å². The minimum absolute atomic E-state index is 0.00670. The monoisotopic (exact) mass is 1170 g/mol. The number of hydrogen-bond acceptors (Lipinski definition) is 19. The van der Waals surface area contributed by atoms with Gasteiger partial charge in [0.1, 0.15) is 36.8 Å². The van der Waals surface area contributed by atoms with Crippen molar-refractivity contribution in [1.82, 2.24) is 24.5 Å². The van der Waals surface area contributed by atoms with Crippen LogP contribution in [0.5, 0.6) is 57.5 Å². The Morgan fingerprint density at radius 1 is 0.628 bits per heavy atom. The summed E-state index contributed by atoms with van der Waals surface area (Å²) in [7, 11) is 7.18. The fraction of sp³-hybridized carbons (Fsp3) is 0.424. The molecule has 5 aromatic carbocycles. The number of aromatic hydroxyl groups is 2. The van der Waals surface area contributed by atoms with Gasteiger partial charge in [-0.05, 0) is 102 Å². The summed E-state index contributed by atoms with van der Waals surface area (Å²) in [5, 5.41) is 44.7. The number of nitriles is 2. The Hall–Kier alpha value is -8.50. The van der Waals surface area contributed by atoms with E-state index in [0.717, 1.165) is 72.5 Å². The lowest BCUT2D eigenvalue weighted by Gasteiger charge is -2.60. The molecule has 5 aromatic rings. The molecule has 446 valence electrons. The predicted octanol–water partition coefficient (Wildman–Crippen LogP) is 7.42. The van der Waals surface area contributed by atoms with Crippen molar-refractivity contribution in [3.05, 3.63) is 140 Å². The van der Waals surface area contributed by atoms with E-state index < -0.39 is 18.1 Å². The number of imide groups is 1. The second-order valence-electron chi connectivity index (χ2n) is 23.7. The Morgan fingerprint density at radius 3 is 1.45 bits per heavy atom. The lowest BCUT2D eigenvalue weighted by Crippen LogP contribution is -2.68. The first-order valence-electron chi connectivity index (χ1n) is 29.2. The van der Waals surface area contributed by atoms with Crippen LogP contribution in [-0.2, 0) is 25.7 Å². The minimum Gasteiger partial charge on any atom is -0.504 e. The molecule has 14 rings (SSSR count). The van der Waals surface area contributed by atoms with Crippen LogP contribution in [0.15, 0.2) is 61.7 Å². The molecule has 2 amide bonds. The van der Waals surface area contributed by atoms with Gasteiger partial charge >= 0.3 is 0 Å². The zero-order valence-electron chi connectivity index (χ0n) is 49.6. The third-order valence-electron chi connectivity index (χ3n) is 19.7. The van der Waals surface area contributed by atoms with Crippen LogP contribution in [0.2, 0.25) is 0 Å². The number of likely N-dealkylation sites (N-methyl/N-ethyl adjacent to an activating group) is 2. The SMILES string of the molecule is C=CCOc1c(C)c2c(c3c1CC1C4c5c(cc(C)c(OC)c5O)C[C@@H]([C@H](C#N)N1[C@H]3CN)N4C)OCO2.C=CCOc1c(C)c2c(c3c1CC1C4c5c(cc(C)c(OC)c5O)C[C@@H]([C@H](C#N)N1[C@H]3CN1C(=O)c3ccccc3C1=O)N4C)OCO2. The van der Waals surface area contributed by atoms with E-state index in [1.54, 1.807) is 50.6 Å². The van der Waals surface area contributed by atoms with Gasteiger partial charge in [-0.25, -0.2) is 0 Å². The number of hydrogen-bond donors (Lipinski definition) is 3. The first-order valence-corrected chi connectivity index (χ1v) is 29.2. The molecule has 9 heterocycles. The molecule has 20 nitrogen and oxygen atoms in total. The van der Waals surface area contributed by atoms with Crippen LogP contribution < -0.4 is 43.6 Å². The van der Waals surface area contributed by atoms with Crippen molar-refractivity contribution in [2.75, 3.05) is 68.2 Å².